The Balaban J connectivity index is 1.08. The summed E-state index contributed by atoms with van der Waals surface area (Å²) in [7, 11) is 0.504. The second-order valence-electron chi connectivity index (χ2n) is 15.1. The molecule has 46 heavy (non-hydrogen) atoms. The summed E-state index contributed by atoms with van der Waals surface area (Å²) < 4.78 is 5.87. The molecule has 1 saturated heterocycles. The molecule has 0 aromatic carbocycles. The van der Waals surface area contributed by atoms with E-state index in [1.54, 1.807) is 0 Å². The Morgan fingerprint density at radius 2 is 1.78 bits per heavy atom. The van der Waals surface area contributed by atoms with E-state index in [1.165, 1.54) is 5.71 Å². The number of hydrogen-bond donors (Lipinski definition) is 6. The molecule has 13 heteroatoms. The van der Waals surface area contributed by atoms with Crippen LogP contribution in [0.1, 0.15) is 96.8 Å². The van der Waals surface area contributed by atoms with Crippen molar-refractivity contribution in [3.8, 4) is 0 Å². The van der Waals surface area contributed by atoms with Gasteiger partial charge in [0.25, 0.3) is 0 Å². The zero-order chi connectivity index (χ0) is 32.4. The van der Waals surface area contributed by atoms with Gasteiger partial charge in [-0.15, -0.1) is 11.6 Å². The molecule has 2 aliphatic heterocycles. The summed E-state index contributed by atoms with van der Waals surface area (Å²) >= 11 is 6.52. The largest absolute Gasteiger partial charge is 0.454 e. The number of carbonyl (C=O) groups excluding carboxylic acids is 2. The van der Waals surface area contributed by atoms with Crippen molar-refractivity contribution >= 4 is 36.2 Å². The van der Waals surface area contributed by atoms with E-state index in [0.29, 0.717) is 43.3 Å². The Labute approximate surface area is 279 Å². The van der Waals surface area contributed by atoms with Gasteiger partial charge in [0.15, 0.2) is 0 Å². The molecule has 0 aromatic heterocycles. The molecular formula is C33H56BClN6O5. The first-order chi connectivity index (χ1) is 22.2. The maximum Gasteiger partial charge on any atom is 0.454 e. The molecule has 2 amide bonds. The van der Waals surface area contributed by atoms with E-state index in [0.717, 1.165) is 77.0 Å². The van der Waals surface area contributed by atoms with Crippen LogP contribution in [0.25, 0.3) is 0 Å². The number of rotatable bonds is 9. The summed E-state index contributed by atoms with van der Waals surface area (Å²) in [6, 6.07) is 0.103. The molecule has 0 spiro atoms. The van der Waals surface area contributed by atoms with Gasteiger partial charge in [-0.3, -0.25) is 19.5 Å². The third-order valence-electron chi connectivity index (χ3n) is 12.4. The molecule has 0 bridgehead atoms. The van der Waals surface area contributed by atoms with E-state index in [-0.39, 0.29) is 65.7 Å². The Bertz CT molecular complexity index is 1090. The molecule has 11 nitrogen and oxygen atoms in total. The molecule has 4 aliphatic carbocycles. The lowest BCUT2D eigenvalue weighted by molar-refractivity contribution is -0.130. The van der Waals surface area contributed by atoms with Gasteiger partial charge in [0.05, 0.1) is 30.9 Å². The predicted molar refractivity (Wildman–Crippen MR) is 179 cm³/mol. The first-order valence-electron chi connectivity index (χ1n) is 18.2. The van der Waals surface area contributed by atoms with Gasteiger partial charge in [-0.2, -0.15) is 0 Å². The smallest absolute Gasteiger partial charge is 0.427 e. The molecule has 258 valence electrons. The Morgan fingerprint density at radius 1 is 1.00 bits per heavy atom. The number of halogens is 1. The molecule has 0 radical (unpaired) electrons. The van der Waals surface area contributed by atoms with Crippen LogP contribution in [0.5, 0.6) is 0 Å². The van der Waals surface area contributed by atoms with Crippen LogP contribution in [0.2, 0.25) is 5.82 Å². The van der Waals surface area contributed by atoms with Crippen LogP contribution in [-0.2, 0) is 14.3 Å². The first kappa shape index (κ1) is 34.6. The third-order valence-corrected chi connectivity index (χ3v) is 12.9. The summed E-state index contributed by atoms with van der Waals surface area (Å²) in [5, 5.41) is 25.9. The number of aliphatic imine (C=N–C) groups is 1. The highest BCUT2D eigenvalue weighted by molar-refractivity contribution is 6.43. The average molecular weight is 663 g/mol. The maximum atomic E-state index is 13.4. The molecule has 6 N–H and O–H groups in total. The second-order valence-corrected chi connectivity index (χ2v) is 15.7. The second kappa shape index (κ2) is 15.5. The zero-order valence-electron chi connectivity index (χ0n) is 27.7. The quantitative estimate of drug-likeness (QED) is 0.126. The van der Waals surface area contributed by atoms with Gasteiger partial charge in [0.1, 0.15) is 0 Å². The van der Waals surface area contributed by atoms with E-state index in [1.807, 2.05) is 7.11 Å². The third kappa shape index (κ3) is 7.63. The Morgan fingerprint density at radius 3 is 2.54 bits per heavy atom. The zero-order valence-corrected chi connectivity index (χ0v) is 28.5. The molecule has 10 atom stereocenters. The number of amides is 2. The number of hydrazine groups is 1. The van der Waals surface area contributed by atoms with Crippen LogP contribution in [0, 0.1) is 29.6 Å². The number of methoxy groups -OCH3 is 1. The van der Waals surface area contributed by atoms with E-state index in [9.17, 15) is 19.6 Å². The number of hydrogen-bond acceptors (Lipinski definition) is 9. The summed E-state index contributed by atoms with van der Waals surface area (Å²) in [5.41, 5.74) is 8.19. The van der Waals surface area contributed by atoms with Gasteiger partial charge >= 0.3 is 7.12 Å². The van der Waals surface area contributed by atoms with Crippen LogP contribution < -0.4 is 21.5 Å². The number of nitrogens with one attached hydrogen (secondary N) is 4. The monoisotopic (exact) mass is 662 g/mol. The van der Waals surface area contributed by atoms with E-state index in [4.69, 9.17) is 21.3 Å². The molecule has 6 aliphatic rings. The lowest BCUT2D eigenvalue weighted by atomic mass is 9.55. The van der Waals surface area contributed by atoms with Gasteiger partial charge in [0, 0.05) is 49.2 Å². The average Bonchev–Trinajstić information content (AvgIpc) is 3.39. The van der Waals surface area contributed by atoms with Gasteiger partial charge < -0.3 is 25.4 Å². The van der Waals surface area contributed by atoms with Gasteiger partial charge in [-0.05, 0) is 88.3 Å². The Kier molecular flexibility index (Phi) is 11.7. The molecule has 4 saturated carbocycles. The molecule has 6 rings (SSSR count). The predicted octanol–water partition coefficient (Wildman–Crippen LogP) is 2.55. The Hall–Kier alpha value is -1.28. The van der Waals surface area contributed by atoms with Crippen LogP contribution in [0.15, 0.2) is 4.99 Å². The molecule has 2 heterocycles. The summed E-state index contributed by atoms with van der Waals surface area (Å²) in [5.74, 6) is 1.10. The lowest BCUT2D eigenvalue weighted by Crippen LogP contribution is -2.55. The van der Waals surface area contributed by atoms with Crippen molar-refractivity contribution in [2.45, 2.75) is 139 Å². The highest BCUT2D eigenvalue weighted by atomic mass is 35.5. The highest BCUT2D eigenvalue weighted by Gasteiger charge is 2.50. The summed E-state index contributed by atoms with van der Waals surface area (Å²) in [6.07, 6.45) is 13.1. The van der Waals surface area contributed by atoms with Crippen LogP contribution >= 0.6 is 11.6 Å². The first-order valence-corrected chi connectivity index (χ1v) is 18.6. The van der Waals surface area contributed by atoms with Crippen molar-refractivity contribution in [2.24, 2.45) is 34.6 Å². The van der Waals surface area contributed by atoms with Crippen molar-refractivity contribution in [3.05, 3.63) is 0 Å². The van der Waals surface area contributed by atoms with Crippen LogP contribution in [-0.4, -0.2) is 95.7 Å². The van der Waals surface area contributed by atoms with E-state index in [2.05, 4.69) is 33.3 Å². The van der Waals surface area contributed by atoms with Crippen molar-refractivity contribution in [3.63, 3.8) is 0 Å². The van der Waals surface area contributed by atoms with Gasteiger partial charge in [-0.1, -0.05) is 25.7 Å². The van der Waals surface area contributed by atoms with Gasteiger partial charge in [0.2, 0.25) is 11.8 Å². The number of ether oxygens (including phenoxy) is 1. The van der Waals surface area contributed by atoms with Crippen LogP contribution in [0.3, 0.4) is 0 Å². The minimum absolute atomic E-state index is 0.0320. The fraction of sp³-hybridized carbons (Fsp3) is 0.909. The summed E-state index contributed by atoms with van der Waals surface area (Å²) in [4.78, 5) is 34.7. The SMILES string of the molecule is COC1CCC2C(C1)C(C1CCC(Cl)CC1)=N[C@@H](CC(=O)NCCNC(=O)C1CCCC3CCC(B(O)O)CC31)C1NNC(C)N21. The van der Waals surface area contributed by atoms with Crippen molar-refractivity contribution in [1.82, 2.24) is 26.4 Å². The van der Waals surface area contributed by atoms with Crippen molar-refractivity contribution in [2.75, 3.05) is 20.2 Å². The fourth-order valence-corrected chi connectivity index (χ4v) is 10.3. The number of nitrogens with zero attached hydrogens (tertiary/aromatic N) is 2. The molecule has 9 unspecified atom stereocenters. The molecule has 5 fully saturated rings. The highest BCUT2D eigenvalue weighted by Crippen LogP contribution is 2.48. The topological polar surface area (TPSA) is 148 Å². The van der Waals surface area contributed by atoms with Gasteiger partial charge in [-0.25, -0.2) is 10.9 Å². The van der Waals surface area contributed by atoms with Crippen molar-refractivity contribution in [1.29, 1.82) is 0 Å². The number of alkyl halides is 1. The number of carbonyl (C=O) groups is 2. The minimum atomic E-state index is -1.31. The lowest BCUT2D eigenvalue weighted by Gasteiger charge is -2.44. The van der Waals surface area contributed by atoms with Crippen molar-refractivity contribution < 1.29 is 24.4 Å². The minimum Gasteiger partial charge on any atom is -0.427 e. The fourth-order valence-electron chi connectivity index (χ4n) is 10.0. The summed E-state index contributed by atoms with van der Waals surface area (Å²) in [6.45, 7) is 2.92. The number of fused-ring (bicyclic) bond motifs is 4. The molecule has 0 aromatic rings. The van der Waals surface area contributed by atoms with E-state index < -0.39 is 7.12 Å². The maximum absolute atomic E-state index is 13.4. The standard InChI is InChI=1S/C33H56BClN6O5/c1-19-39-40-32-28(38-31(21-7-10-23(35)11-8-21)27-17-24(46-2)12-13-29(27)41(19)32)18-30(42)36-14-15-37-33(43)25-5-3-4-20-6-9-22(34(44)45)16-26(20)25/h19-29,32,39-40,44-45H,3-18H2,1-2H3,(H,36,42)(H,37,43)/t19?,20?,21?,22?,23?,24?,25?,26?,27?,28-,29?,32?/m0/s1. The van der Waals surface area contributed by atoms with E-state index >= 15 is 0 Å². The van der Waals surface area contributed by atoms with Crippen LogP contribution in [0.4, 0.5) is 0 Å². The molecular weight excluding hydrogens is 607 g/mol. The normalized spacial score (nSPS) is 41.3.